The second kappa shape index (κ2) is 21.3. The molecule has 2 heterocycles. The van der Waals surface area contributed by atoms with E-state index in [9.17, 15) is 0 Å². The molecule has 2 aliphatic carbocycles. The standard InChI is InChI=1S/C26H33O3PSi.2C8H12.Rh/c1-6-27-31(28-7-2,29-8-3)25-23(21-15-11-9-12-16-21)26(5)19-30(25)24(20(26)4)22-17-13-10-14-18-22;2*1-2-4-6-8-7-5-3-1;/h9-18H,6-8,19H2,1-5H3;2*1-2,7-8H,3-6H2;/b;2*2-1-,8-7-;. The maximum atomic E-state index is 6.49. The van der Waals surface area contributed by atoms with E-state index in [1.165, 1.54) is 83.9 Å². The summed E-state index contributed by atoms with van der Waals surface area (Å²) in [4.78, 5) is 1.34. The van der Waals surface area contributed by atoms with E-state index in [4.69, 9.17) is 13.3 Å². The van der Waals surface area contributed by atoms with Gasteiger partial charge in [0, 0.05) is 49.7 Å². The van der Waals surface area contributed by atoms with Crippen molar-refractivity contribution in [3.8, 4) is 0 Å². The van der Waals surface area contributed by atoms with Gasteiger partial charge < -0.3 is 13.3 Å². The van der Waals surface area contributed by atoms with Crippen LogP contribution < -0.4 is 0 Å². The molecule has 0 aromatic heterocycles. The van der Waals surface area contributed by atoms with Gasteiger partial charge in [-0.15, -0.1) is 0 Å². The van der Waals surface area contributed by atoms with Gasteiger partial charge in [0.1, 0.15) is 0 Å². The summed E-state index contributed by atoms with van der Waals surface area (Å²) in [5, 5.41) is 1.49. The van der Waals surface area contributed by atoms with Crippen LogP contribution in [0.5, 0.6) is 0 Å². The molecule has 0 saturated carbocycles. The number of fused-ring (bicyclic) bond motifs is 2. The Morgan fingerprint density at radius 1 is 0.583 bits per heavy atom. The Hall–Kier alpha value is -1.97. The van der Waals surface area contributed by atoms with Crippen molar-refractivity contribution in [1.29, 1.82) is 0 Å². The van der Waals surface area contributed by atoms with Crippen LogP contribution in [0.2, 0.25) is 0 Å². The summed E-state index contributed by atoms with van der Waals surface area (Å²) < 4.78 is 19.5. The van der Waals surface area contributed by atoms with Gasteiger partial charge in [0.2, 0.25) is 0 Å². The van der Waals surface area contributed by atoms with E-state index in [1.54, 1.807) is 0 Å². The summed E-state index contributed by atoms with van der Waals surface area (Å²) in [7, 11) is -3.64. The Kier molecular flexibility index (Phi) is 17.9. The normalized spacial score (nSPS) is 24.3. The molecular weight excluding hydrogens is 714 g/mol. The zero-order valence-corrected chi connectivity index (χ0v) is 33.4. The van der Waals surface area contributed by atoms with E-state index < -0.39 is 16.7 Å². The van der Waals surface area contributed by atoms with Crippen molar-refractivity contribution in [2.75, 3.05) is 26.0 Å². The number of allylic oxidation sites excluding steroid dienone is 10. The van der Waals surface area contributed by atoms with Gasteiger partial charge in [-0.2, -0.15) is 0 Å². The molecular formula is C42H57O3PRhSi. The van der Waals surface area contributed by atoms with Crippen molar-refractivity contribution in [2.45, 2.75) is 86.0 Å². The number of hydrogen-bond acceptors (Lipinski definition) is 3. The molecule has 0 fully saturated rings. The third kappa shape index (κ3) is 10.3. The van der Waals surface area contributed by atoms with Crippen molar-refractivity contribution in [3.63, 3.8) is 0 Å². The molecule has 2 bridgehead atoms. The van der Waals surface area contributed by atoms with Crippen LogP contribution in [0.25, 0.3) is 10.9 Å². The summed E-state index contributed by atoms with van der Waals surface area (Å²) in [5.74, 6) is 0. The Balaban J connectivity index is 0.000000300. The van der Waals surface area contributed by atoms with E-state index in [2.05, 4.69) is 123 Å². The van der Waals surface area contributed by atoms with Crippen molar-refractivity contribution < 1.29 is 32.8 Å². The van der Waals surface area contributed by atoms with Crippen LogP contribution in [0.1, 0.15) is 97.1 Å². The van der Waals surface area contributed by atoms with Gasteiger partial charge in [-0.3, -0.25) is 0 Å². The van der Waals surface area contributed by atoms with Gasteiger partial charge in [-0.1, -0.05) is 122 Å². The Morgan fingerprint density at radius 2 is 0.938 bits per heavy atom. The first kappa shape index (κ1) is 40.5. The molecule has 6 rings (SSSR count). The van der Waals surface area contributed by atoms with Gasteiger partial charge in [0.05, 0.1) is 0 Å². The predicted octanol–water partition coefficient (Wildman–Crippen LogP) is 12.3. The fraction of sp³-hybridized carbons (Fsp3) is 0.429. The average molecular weight is 772 g/mol. The van der Waals surface area contributed by atoms with Crippen LogP contribution in [0.15, 0.2) is 120 Å². The van der Waals surface area contributed by atoms with Crippen LogP contribution >= 0.6 is 7.92 Å². The first-order valence-corrected chi connectivity index (χ1v) is 21.1. The van der Waals surface area contributed by atoms with E-state index in [0.29, 0.717) is 19.8 Å². The second-order valence-electron chi connectivity index (χ2n) is 12.4. The van der Waals surface area contributed by atoms with E-state index in [0.717, 1.165) is 6.16 Å². The number of rotatable bonds is 9. The molecule has 0 amide bonds. The smallest absolute Gasteiger partial charge is 0.370 e. The molecule has 0 saturated heterocycles. The molecule has 1 radical (unpaired) electrons. The molecule has 3 nitrogen and oxygen atoms in total. The van der Waals surface area contributed by atoms with Crippen molar-refractivity contribution in [3.05, 3.63) is 131 Å². The molecule has 48 heavy (non-hydrogen) atoms. The largest absolute Gasteiger partial charge is 0.538 e. The van der Waals surface area contributed by atoms with Crippen molar-refractivity contribution in [1.82, 2.24) is 0 Å². The van der Waals surface area contributed by atoms with E-state index >= 15 is 0 Å². The summed E-state index contributed by atoms with van der Waals surface area (Å²) in [6.07, 6.45) is 29.1. The fourth-order valence-corrected chi connectivity index (χ4v) is 15.1. The van der Waals surface area contributed by atoms with Gasteiger partial charge in [0.25, 0.3) is 0 Å². The molecule has 2 aliphatic heterocycles. The van der Waals surface area contributed by atoms with Crippen molar-refractivity contribution in [2.24, 2.45) is 5.41 Å². The summed E-state index contributed by atoms with van der Waals surface area (Å²) in [5.41, 5.74) is 5.44. The van der Waals surface area contributed by atoms with Crippen LogP contribution in [0.3, 0.4) is 0 Å². The van der Waals surface area contributed by atoms with E-state index in [-0.39, 0.29) is 24.9 Å². The number of hydrogen-bond donors (Lipinski definition) is 0. The Labute approximate surface area is 307 Å². The van der Waals surface area contributed by atoms with Gasteiger partial charge >= 0.3 is 8.80 Å². The molecule has 2 aromatic rings. The third-order valence-corrected chi connectivity index (χ3v) is 16.4. The van der Waals surface area contributed by atoms with E-state index in [1.807, 2.05) is 20.8 Å². The maximum Gasteiger partial charge on any atom is 0.538 e. The molecule has 4 aliphatic rings. The summed E-state index contributed by atoms with van der Waals surface area (Å²) >= 11 is 0. The molecule has 2 unspecified atom stereocenters. The molecule has 2 atom stereocenters. The Bertz CT molecular complexity index is 1330. The quantitative estimate of drug-likeness (QED) is 0.144. The summed E-state index contributed by atoms with van der Waals surface area (Å²) in [6.45, 7) is 12.6. The topological polar surface area (TPSA) is 27.7 Å². The van der Waals surface area contributed by atoms with Gasteiger partial charge in [-0.25, -0.2) is 0 Å². The van der Waals surface area contributed by atoms with Gasteiger partial charge in [-0.05, 0) is 115 Å². The van der Waals surface area contributed by atoms with Crippen molar-refractivity contribution >= 4 is 27.6 Å². The van der Waals surface area contributed by atoms with Crippen LogP contribution in [-0.4, -0.2) is 34.8 Å². The first-order chi connectivity index (χ1) is 23.0. The zero-order chi connectivity index (χ0) is 33.4. The molecule has 261 valence electrons. The minimum Gasteiger partial charge on any atom is -0.370 e. The Morgan fingerprint density at radius 3 is 1.29 bits per heavy atom. The zero-order valence-electron chi connectivity index (χ0n) is 29.9. The molecule has 2 aromatic carbocycles. The average Bonchev–Trinajstić information content (AvgIpc) is 3.50. The van der Waals surface area contributed by atoms with Crippen LogP contribution in [-0.2, 0) is 32.8 Å². The summed E-state index contributed by atoms with van der Waals surface area (Å²) in [6, 6.07) is 21.7. The fourth-order valence-electron chi connectivity index (χ4n) is 6.79. The second-order valence-corrected chi connectivity index (χ2v) is 17.4. The minimum atomic E-state index is -3.04. The van der Waals surface area contributed by atoms with Crippen LogP contribution in [0.4, 0.5) is 0 Å². The molecule has 6 heteroatoms. The molecule has 0 N–H and O–H groups in total. The molecule has 0 spiro atoms. The third-order valence-electron chi connectivity index (χ3n) is 9.06. The monoisotopic (exact) mass is 771 g/mol. The maximum absolute atomic E-state index is 6.49. The minimum absolute atomic E-state index is 0. The SMILES string of the molecule is C1=C\CC/C=C\CC/1.C1=C\CC/C=C\CC/1.CCO[Si](OCC)(OCC)C1=C(c2ccccc2)C2(C)CP1C(c1ccccc1)=C2C.[Rh]. The number of benzene rings is 2. The van der Waals surface area contributed by atoms with Gasteiger partial charge in [0.15, 0.2) is 0 Å². The predicted molar refractivity (Wildman–Crippen MR) is 206 cm³/mol. The first-order valence-electron chi connectivity index (χ1n) is 17.9. The van der Waals surface area contributed by atoms with Crippen LogP contribution in [0, 0.1) is 5.41 Å².